The summed E-state index contributed by atoms with van der Waals surface area (Å²) in [7, 11) is 1.90. The molecule has 2 atom stereocenters. The van der Waals surface area contributed by atoms with E-state index in [2.05, 4.69) is 10.4 Å². The van der Waals surface area contributed by atoms with Crippen LogP contribution in [0.2, 0.25) is 0 Å². The highest BCUT2D eigenvalue weighted by Gasteiger charge is 2.59. The van der Waals surface area contributed by atoms with Gasteiger partial charge in [-0.2, -0.15) is 5.10 Å². The van der Waals surface area contributed by atoms with Gasteiger partial charge in [0.2, 0.25) is 5.91 Å². The van der Waals surface area contributed by atoms with Crippen LogP contribution in [-0.4, -0.2) is 32.8 Å². The van der Waals surface area contributed by atoms with E-state index in [0.29, 0.717) is 18.8 Å². The molecule has 4 aliphatic carbocycles. The summed E-state index contributed by atoms with van der Waals surface area (Å²) < 4.78 is 1.78. The van der Waals surface area contributed by atoms with Gasteiger partial charge in [-0.3, -0.25) is 14.3 Å². The van der Waals surface area contributed by atoms with Crippen molar-refractivity contribution < 1.29 is 14.7 Å². The van der Waals surface area contributed by atoms with E-state index in [1.165, 1.54) is 0 Å². The number of carbonyl (C=O) groups is 2. The Labute approximate surface area is 183 Å². The van der Waals surface area contributed by atoms with Gasteiger partial charge in [-0.15, -0.1) is 0 Å². The summed E-state index contributed by atoms with van der Waals surface area (Å²) in [6, 6.07) is 8.24. The van der Waals surface area contributed by atoms with E-state index in [9.17, 15) is 14.7 Å². The molecule has 31 heavy (non-hydrogen) atoms. The molecule has 1 aromatic carbocycles. The average Bonchev–Trinajstić information content (AvgIpc) is 3.16. The van der Waals surface area contributed by atoms with Crippen LogP contribution in [-0.2, 0) is 22.1 Å². The standard InChI is InChI=1S/C25H31N3O3/c1-24(2,20-6-4-16(5-7-20)19-13-26-28(3)14-19)22(29)27-21-17-8-15-9-18(21)12-25(10-15,11-17)23(30)31/h4-7,13-15,17-18,21H,8-12H2,1-3H3,(H,27,29)(H,30,31). The van der Waals surface area contributed by atoms with Crippen molar-refractivity contribution in [1.82, 2.24) is 15.1 Å². The van der Waals surface area contributed by atoms with Gasteiger partial charge < -0.3 is 10.4 Å². The molecule has 2 N–H and O–H groups in total. The van der Waals surface area contributed by atoms with Crippen LogP contribution >= 0.6 is 0 Å². The molecule has 0 aliphatic heterocycles. The maximum Gasteiger partial charge on any atom is 0.309 e. The highest BCUT2D eigenvalue weighted by atomic mass is 16.4. The van der Waals surface area contributed by atoms with Crippen LogP contribution in [0.15, 0.2) is 36.7 Å². The maximum atomic E-state index is 13.4. The van der Waals surface area contributed by atoms with Crippen molar-refractivity contribution in [3.63, 3.8) is 0 Å². The second-order valence-corrected chi connectivity index (χ2v) is 10.7. The molecule has 4 saturated carbocycles. The number of hydrogen-bond acceptors (Lipinski definition) is 3. The van der Waals surface area contributed by atoms with Crippen LogP contribution in [0.4, 0.5) is 0 Å². The van der Waals surface area contributed by atoms with E-state index in [-0.39, 0.29) is 23.8 Å². The topological polar surface area (TPSA) is 84.2 Å². The highest BCUT2D eigenvalue weighted by Crippen LogP contribution is 2.60. The maximum absolute atomic E-state index is 13.4. The molecule has 4 fully saturated rings. The van der Waals surface area contributed by atoms with Gasteiger partial charge in [0.05, 0.1) is 17.0 Å². The fraction of sp³-hybridized carbons (Fsp3) is 0.560. The molecule has 1 heterocycles. The summed E-state index contributed by atoms with van der Waals surface area (Å²) in [4.78, 5) is 25.4. The first-order valence-electron chi connectivity index (χ1n) is 11.3. The Morgan fingerprint density at radius 1 is 1.10 bits per heavy atom. The smallest absolute Gasteiger partial charge is 0.309 e. The molecule has 0 radical (unpaired) electrons. The summed E-state index contributed by atoms with van der Waals surface area (Å²) in [6.45, 7) is 3.94. The lowest BCUT2D eigenvalue weighted by molar-refractivity contribution is -0.168. The highest BCUT2D eigenvalue weighted by molar-refractivity contribution is 5.88. The van der Waals surface area contributed by atoms with E-state index in [1.807, 2.05) is 57.6 Å². The Bertz CT molecular complexity index is 1010. The van der Waals surface area contributed by atoms with Crippen LogP contribution in [0.25, 0.3) is 11.1 Å². The lowest BCUT2D eigenvalue weighted by Crippen LogP contribution is -2.62. The van der Waals surface area contributed by atoms with Crippen LogP contribution in [0.5, 0.6) is 0 Å². The predicted molar refractivity (Wildman–Crippen MR) is 117 cm³/mol. The molecular weight excluding hydrogens is 390 g/mol. The van der Waals surface area contributed by atoms with E-state index >= 15 is 0 Å². The number of benzene rings is 1. The van der Waals surface area contributed by atoms with Gasteiger partial charge >= 0.3 is 5.97 Å². The first-order valence-corrected chi connectivity index (χ1v) is 11.3. The van der Waals surface area contributed by atoms with Crippen LogP contribution in [0.1, 0.15) is 51.5 Å². The number of aromatic nitrogens is 2. The number of hydrogen-bond donors (Lipinski definition) is 2. The van der Waals surface area contributed by atoms with Crippen molar-refractivity contribution in [2.45, 2.75) is 57.4 Å². The number of carboxylic acids is 1. The first-order chi connectivity index (χ1) is 14.7. The third-order valence-corrected chi connectivity index (χ3v) is 8.24. The molecule has 1 amide bonds. The number of amides is 1. The summed E-state index contributed by atoms with van der Waals surface area (Å²) in [5.74, 6) is 0.481. The van der Waals surface area contributed by atoms with Crippen molar-refractivity contribution in [3.8, 4) is 11.1 Å². The minimum absolute atomic E-state index is 0.0310. The van der Waals surface area contributed by atoms with E-state index in [4.69, 9.17) is 0 Å². The van der Waals surface area contributed by atoms with Crippen molar-refractivity contribution >= 4 is 11.9 Å². The van der Waals surface area contributed by atoms with Gasteiger partial charge in [0.25, 0.3) is 0 Å². The summed E-state index contributed by atoms with van der Waals surface area (Å²) in [5.41, 5.74) is 1.90. The molecule has 4 bridgehead atoms. The van der Waals surface area contributed by atoms with Gasteiger partial charge in [-0.05, 0) is 74.8 Å². The SMILES string of the molecule is Cn1cc(-c2ccc(C(C)(C)C(=O)NC3C4CC5CC3CC(C(=O)O)(C5)C4)cc2)cn1. The molecule has 6 heteroatoms. The normalized spacial score (nSPS) is 31.6. The van der Waals surface area contributed by atoms with Crippen molar-refractivity contribution in [2.24, 2.45) is 30.2 Å². The molecule has 6 nitrogen and oxygen atoms in total. The Hall–Kier alpha value is -2.63. The number of aryl methyl sites for hydroxylation is 1. The van der Waals surface area contributed by atoms with Gasteiger partial charge in [-0.1, -0.05) is 24.3 Å². The number of aliphatic carboxylic acids is 1. The van der Waals surface area contributed by atoms with E-state index in [1.54, 1.807) is 4.68 Å². The lowest BCUT2D eigenvalue weighted by atomic mass is 9.48. The zero-order valence-electron chi connectivity index (χ0n) is 18.5. The Morgan fingerprint density at radius 3 is 2.29 bits per heavy atom. The average molecular weight is 422 g/mol. The fourth-order valence-corrected chi connectivity index (χ4v) is 6.63. The predicted octanol–water partition coefficient (Wildman–Crippen LogP) is 3.76. The third-order valence-electron chi connectivity index (χ3n) is 8.24. The largest absolute Gasteiger partial charge is 0.481 e. The van der Waals surface area contributed by atoms with E-state index < -0.39 is 16.8 Å². The number of carboxylic acid groups (broad SMARTS) is 1. The Morgan fingerprint density at radius 2 is 1.74 bits per heavy atom. The van der Waals surface area contributed by atoms with Crippen molar-refractivity contribution in [1.29, 1.82) is 0 Å². The first kappa shape index (κ1) is 20.3. The minimum atomic E-state index is -0.660. The molecule has 1 aromatic heterocycles. The molecule has 0 spiro atoms. The summed E-state index contributed by atoms with van der Waals surface area (Å²) in [5, 5.41) is 17.4. The molecule has 0 saturated heterocycles. The molecule has 4 aliphatic rings. The fourth-order valence-electron chi connectivity index (χ4n) is 6.63. The van der Waals surface area contributed by atoms with Gasteiger partial charge in [0.15, 0.2) is 0 Å². The molecule has 6 rings (SSSR count). The minimum Gasteiger partial charge on any atom is -0.481 e. The second kappa shape index (κ2) is 6.94. The Balaban J connectivity index is 1.32. The summed E-state index contributed by atoms with van der Waals surface area (Å²) >= 11 is 0. The third kappa shape index (κ3) is 3.27. The monoisotopic (exact) mass is 421 g/mol. The Kier molecular flexibility index (Phi) is 4.54. The van der Waals surface area contributed by atoms with E-state index in [0.717, 1.165) is 36.0 Å². The zero-order valence-corrected chi connectivity index (χ0v) is 18.5. The lowest BCUT2D eigenvalue weighted by Gasteiger charge is -2.58. The quantitative estimate of drug-likeness (QED) is 0.770. The van der Waals surface area contributed by atoms with Gasteiger partial charge in [0.1, 0.15) is 0 Å². The van der Waals surface area contributed by atoms with Gasteiger partial charge in [-0.25, -0.2) is 0 Å². The molecule has 164 valence electrons. The molecular formula is C25H31N3O3. The number of carbonyl (C=O) groups excluding carboxylic acids is 1. The second-order valence-electron chi connectivity index (χ2n) is 10.7. The van der Waals surface area contributed by atoms with Crippen molar-refractivity contribution in [2.75, 3.05) is 0 Å². The zero-order chi connectivity index (χ0) is 22.0. The summed E-state index contributed by atoms with van der Waals surface area (Å²) in [6.07, 6.45) is 8.16. The van der Waals surface area contributed by atoms with Crippen LogP contribution in [0, 0.1) is 23.2 Å². The molecule has 2 unspecified atom stereocenters. The number of nitrogens with one attached hydrogen (secondary N) is 1. The van der Waals surface area contributed by atoms with Crippen LogP contribution < -0.4 is 5.32 Å². The van der Waals surface area contributed by atoms with Crippen molar-refractivity contribution in [3.05, 3.63) is 42.2 Å². The number of nitrogens with zero attached hydrogens (tertiary/aromatic N) is 2. The number of rotatable bonds is 5. The van der Waals surface area contributed by atoms with Crippen LogP contribution in [0.3, 0.4) is 0 Å². The van der Waals surface area contributed by atoms with Gasteiger partial charge in [0, 0.05) is 24.8 Å². The molecule has 2 aromatic rings.